The molecule has 0 saturated carbocycles. The van der Waals surface area contributed by atoms with Crippen molar-refractivity contribution < 1.29 is 19.1 Å². The number of rotatable bonds is 5. The lowest BCUT2D eigenvalue weighted by molar-refractivity contribution is -0.122. The molecule has 2 unspecified atom stereocenters. The van der Waals surface area contributed by atoms with E-state index in [9.17, 15) is 9.59 Å². The highest BCUT2D eigenvalue weighted by molar-refractivity contribution is 9.10. The molecular weight excluding hydrogens is 458 g/mol. The van der Waals surface area contributed by atoms with Gasteiger partial charge in [0, 0.05) is 34.5 Å². The third-order valence-electron chi connectivity index (χ3n) is 6.09. The summed E-state index contributed by atoms with van der Waals surface area (Å²) in [7, 11) is 1.61. The lowest BCUT2D eigenvalue weighted by atomic mass is 9.73. The molecule has 0 aromatic heterocycles. The van der Waals surface area contributed by atoms with Crippen LogP contribution in [0.1, 0.15) is 54.7 Å². The standard InChI is InChI=1S/C25H26BrNO4/c1-4-31-22-8-7-15(12-23(22)30-3)17-10-20-25(21(28)11-17)18(13-24(29)27-20)16-6-5-14(2)19(26)9-16/h5-9,12,17-18H,4,10-11,13H2,1-3H3,(H,27,29). The van der Waals surface area contributed by atoms with E-state index in [1.54, 1.807) is 7.11 Å². The Morgan fingerprint density at radius 3 is 2.52 bits per heavy atom. The van der Waals surface area contributed by atoms with Crippen LogP contribution in [0, 0.1) is 6.92 Å². The average Bonchev–Trinajstić information content (AvgIpc) is 2.75. The van der Waals surface area contributed by atoms with Crippen molar-refractivity contribution in [2.24, 2.45) is 0 Å². The van der Waals surface area contributed by atoms with Crippen LogP contribution < -0.4 is 14.8 Å². The van der Waals surface area contributed by atoms with Crippen LogP contribution in [0.25, 0.3) is 0 Å². The van der Waals surface area contributed by atoms with E-state index >= 15 is 0 Å². The second kappa shape index (κ2) is 8.87. The number of ketones is 1. The van der Waals surface area contributed by atoms with Gasteiger partial charge in [0.25, 0.3) is 0 Å². The molecule has 31 heavy (non-hydrogen) atoms. The topological polar surface area (TPSA) is 64.6 Å². The Balaban J connectivity index is 1.68. The van der Waals surface area contributed by atoms with Crippen LogP contribution in [0.15, 0.2) is 52.1 Å². The fourth-order valence-electron chi connectivity index (χ4n) is 4.52. The number of ether oxygens (including phenoxy) is 2. The summed E-state index contributed by atoms with van der Waals surface area (Å²) in [5.41, 5.74) is 4.64. The first-order chi connectivity index (χ1) is 14.9. The third-order valence-corrected chi connectivity index (χ3v) is 6.95. The van der Waals surface area contributed by atoms with E-state index in [4.69, 9.17) is 9.47 Å². The number of benzene rings is 2. The highest BCUT2D eigenvalue weighted by atomic mass is 79.9. The maximum atomic E-state index is 13.3. The number of hydrogen-bond acceptors (Lipinski definition) is 4. The number of halogens is 1. The number of amides is 1. The van der Waals surface area contributed by atoms with Gasteiger partial charge in [-0.1, -0.05) is 34.1 Å². The van der Waals surface area contributed by atoms with E-state index in [2.05, 4.69) is 21.2 Å². The second-order valence-corrected chi connectivity index (χ2v) is 8.93. The molecule has 1 aliphatic carbocycles. The maximum Gasteiger partial charge on any atom is 0.225 e. The van der Waals surface area contributed by atoms with Crippen LogP contribution >= 0.6 is 15.9 Å². The number of hydrogen-bond donors (Lipinski definition) is 1. The number of carbonyl (C=O) groups is 2. The lowest BCUT2D eigenvalue weighted by Gasteiger charge is -2.34. The van der Waals surface area contributed by atoms with Gasteiger partial charge < -0.3 is 14.8 Å². The van der Waals surface area contributed by atoms with Crippen LogP contribution in [0.2, 0.25) is 0 Å². The molecule has 0 spiro atoms. The van der Waals surface area contributed by atoms with Crippen molar-refractivity contribution in [1.82, 2.24) is 5.32 Å². The maximum absolute atomic E-state index is 13.3. The van der Waals surface area contributed by atoms with Gasteiger partial charge in [0.2, 0.25) is 5.91 Å². The monoisotopic (exact) mass is 483 g/mol. The summed E-state index contributed by atoms with van der Waals surface area (Å²) >= 11 is 3.58. The molecule has 4 rings (SSSR count). The molecular formula is C25H26BrNO4. The van der Waals surface area contributed by atoms with E-state index in [0.29, 0.717) is 37.4 Å². The van der Waals surface area contributed by atoms with Gasteiger partial charge in [0.15, 0.2) is 17.3 Å². The highest BCUT2D eigenvalue weighted by Crippen LogP contribution is 2.44. The summed E-state index contributed by atoms with van der Waals surface area (Å²) in [6.45, 7) is 4.50. The largest absolute Gasteiger partial charge is 0.493 e. The molecule has 162 valence electrons. The summed E-state index contributed by atoms with van der Waals surface area (Å²) in [4.78, 5) is 25.8. The Hall–Kier alpha value is -2.60. The minimum Gasteiger partial charge on any atom is -0.493 e. The minimum absolute atomic E-state index is 0.0142. The van der Waals surface area contributed by atoms with E-state index in [1.807, 2.05) is 50.2 Å². The molecule has 0 saturated heterocycles. The summed E-state index contributed by atoms with van der Waals surface area (Å²) < 4.78 is 12.1. The summed E-state index contributed by atoms with van der Waals surface area (Å²) in [6, 6.07) is 11.9. The molecule has 1 amide bonds. The third kappa shape index (κ3) is 4.26. The Labute approximate surface area is 190 Å². The first-order valence-electron chi connectivity index (χ1n) is 10.5. The molecule has 2 aliphatic rings. The van der Waals surface area contributed by atoms with Crippen molar-refractivity contribution in [2.75, 3.05) is 13.7 Å². The number of methoxy groups -OCH3 is 1. The molecule has 1 heterocycles. The van der Waals surface area contributed by atoms with Crippen molar-refractivity contribution in [1.29, 1.82) is 0 Å². The van der Waals surface area contributed by atoms with Gasteiger partial charge in [-0.3, -0.25) is 9.59 Å². The fraction of sp³-hybridized carbons (Fsp3) is 0.360. The van der Waals surface area contributed by atoms with Crippen LogP contribution in [0.5, 0.6) is 11.5 Å². The first-order valence-corrected chi connectivity index (χ1v) is 11.3. The normalized spacial score (nSPS) is 20.9. The smallest absolute Gasteiger partial charge is 0.225 e. The predicted molar refractivity (Wildman–Crippen MR) is 123 cm³/mol. The Bertz CT molecular complexity index is 1080. The van der Waals surface area contributed by atoms with Gasteiger partial charge in [-0.05, 0) is 61.1 Å². The SMILES string of the molecule is CCOc1ccc(C2CC(=O)C3=C(C2)NC(=O)CC3c2ccc(C)c(Br)c2)cc1OC. The highest BCUT2D eigenvalue weighted by Gasteiger charge is 2.38. The molecule has 0 radical (unpaired) electrons. The first kappa shape index (κ1) is 21.6. The fourth-order valence-corrected chi connectivity index (χ4v) is 4.92. The van der Waals surface area contributed by atoms with E-state index in [1.165, 1.54) is 0 Å². The summed E-state index contributed by atoms with van der Waals surface area (Å²) in [5.74, 6) is 1.18. The van der Waals surface area contributed by atoms with Crippen molar-refractivity contribution in [2.45, 2.75) is 44.9 Å². The lowest BCUT2D eigenvalue weighted by Crippen LogP contribution is -2.38. The van der Waals surface area contributed by atoms with Gasteiger partial charge in [-0.15, -0.1) is 0 Å². The number of Topliss-reactive ketones (excluding diaryl/α,β-unsaturated/α-hetero) is 1. The number of nitrogens with one attached hydrogen (secondary N) is 1. The van der Waals surface area contributed by atoms with Crippen LogP contribution in [0.3, 0.4) is 0 Å². The van der Waals surface area contributed by atoms with Crippen molar-refractivity contribution in [3.8, 4) is 11.5 Å². The number of carbonyl (C=O) groups excluding carboxylic acids is 2. The van der Waals surface area contributed by atoms with Crippen molar-refractivity contribution >= 4 is 27.6 Å². The van der Waals surface area contributed by atoms with E-state index in [-0.39, 0.29) is 23.5 Å². The molecule has 0 fully saturated rings. The van der Waals surface area contributed by atoms with Crippen LogP contribution in [-0.2, 0) is 9.59 Å². The van der Waals surface area contributed by atoms with Crippen molar-refractivity contribution in [3.63, 3.8) is 0 Å². The molecule has 6 heteroatoms. The molecule has 1 N–H and O–H groups in total. The number of allylic oxidation sites excluding steroid dienone is 2. The quantitative estimate of drug-likeness (QED) is 0.636. The zero-order chi connectivity index (χ0) is 22.1. The second-order valence-electron chi connectivity index (χ2n) is 8.08. The molecule has 2 aromatic carbocycles. The number of aryl methyl sites for hydroxylation is 1. The predicted octanol–water partition coefficient (Wildman–Crippen LogP) is 5.17. The van der Waals surface area contributed by atoms with Crippen LogP contribution in [-0.4, -0.2) is 25.4 Å². The molecule has 2 aromatic rings. The summed E-state index contributed by atoms with van der Waals surface area (Å²) in [6.07, 6.45) is 1.32. The Kier molecular flexibility index (Phi) is 6.19. The average molecular weight is 484 g/mol. The zero-order valence-electron chi connectivity index (χ0n) is 18.0. The zero-order valence-corrected chi connectivity index (χ0v) is 19.5. The van der Waals surface area contributed by atoms with Crippen molar-refractivity contribution in [3.05, 3.63) is 68.8 Å². The molecule has 1 aliphatic heterocycles. The van der Waals surface area contributed by atoms with E-state index < -0.39 is 0 Å². The molecule has 5 nitrogen and oxygen atoms in total. The summed E-state index contributed by atoms with van der Waals surface area (Å²) in [5, 5.41) is 2.99. The molecule has 2 atom stereocenters. The van der Waals surface area contributed by atoms with Gasteiger partial charge in [-0.25, -0.2) is 0 Å². The minimum atomic E-state index is -0.205. The van der Waals surface area contributed by atoms with Gasteiger partial charge >= 0.3 is 0 Å². The Morgan fingerprint density at radius 2 is 1.81 bits per heavy atom. The van der Waals surface area contributed by atoms with Crippen LogP contribution in [0.4, 0.5) is 0 Å². The van der Waals surface area contributed by atoms with Gasteiger partial charge in [-0.2, -0.15) is 0 Å². The van der Waals surface area contributed by atoms with E-state index in [0.717, 1.165) is 32.4 Å². The Morgan fingerprint density at radius 1 is 1.03 bits per heavy atom. The van der Waals surface area contributed by atoms with Gasteiger partial charge in [0.05, 0.1) is 13.7 Å². The van der Waals surface area contributed by atoms with Gasteiger partial charge in [0.1, 0.15) is 0 Å². The molecule has 0 bridgehead atoms.